The summed E-state index contributed by atoms with van der Waals surface area (Å²) in [4.78, 5) is 4.47. The number of aromatic nitrogens is 3. The van der Waals surface area contributed by atoms with E-state index in [0.717, 1.165) is 15.9 Å². The van der Waals surface area contributed by atoms with Crippen molar-refractivity contribution in [2.24, 2.45) is 0 Å². The molecule has 2 aromatic heterocycles. The quantitative estimate of drug-likeness (QED) is 0.878. The molecule has 2 rings (SSSR count). The number of ether oxygens (including phenoxy) is 1. The summed E-state index contributed by atoms with van der Waals surface area (Å²) in [5.74, 6) is 0. The third-order valence-corrected chi connectivity index (χ3v) is 3.75. The summed E-state index contributed by atoms with van der Waals surface area (Å²) in [6, 6.07) is 4.07. The Labute approximate surface area is 127 Å². The van der Waals surface area contributed by atoms with Crippen molar-refractivity contribution in [2.45, 2.75) is 19.5 Å². The van der Waals surface area contributed by atoms with E-state index in [1.807, 2.05) is 30.2 Å². The lowest BCUT2D eigenvalue weighted by molar-refractivity contribution is 0.182. The van der Waals surface area contributed by atoms with Gasteiger partial charge in [-0.1, -0.05) is 0 Å². The maximum absolute atomic E-state index is 5.14. The van der Waals surface area contributed by atoms with E-state index in [2.05, 4.69) is 44.3 Å². The Bertz CT molecular complexity index is 570. The molecule has 0 spiro atoms. The Kier molecular flexibility index (Phi) is 5.28. The van der Waals surface area contributed by atoms with Crippen LogP contribution in [-0.4, -0.2) is 35.5 Å². The zero-order valence-corrected chi connectivity index (χ0v) is 13.5. The average molecular weight is 339 g/mol. The van der Waals surface area contributed by atoms with Crippen LogP contribution in [0.15, 0.2) is 29.0 Å². The molecule has 1 N–H and O–H groups in total. The second kappa shape index (κ2) is 6.97. The molecule has 2 aromatic rings. The van der Waals surface area contributed by atoms with E-state index in [-0.39, 0.29) is 6.04 Å². The van der Waals surface area contributed by atoms with Crippen molar-refractivity contribution in [2.75, 3.05) is 20.8 Å². The molecule has 0 radical (unpaired) electrons. The number of nitrogens with zero attached hydrogens (tertiary/aromatic N) is 3. The average Bonchev–Trinajstić information content (AvgIpc) is 2.79. The number of pyridine rings is 1. The van der Waals surface area contributed by atoms with Crippen molar-refractivity contribution in [3.8, 4) is 0 Å². The largest absolute Gasteiger partial charge is 0.383 e. The van der Waals surface area contributed by atoms with E-state index in [9.17, 15) is 0 Å². The number of hydrogen-bond acceptors (Lipinski definition) is 4. The Morgan fingerprint density at radius 1 is 1.50 bits per heavy atom. The molecular formula is C14H19BrN4O. The highest BCUT2D eigenvalue weighted by molar-refractivity contribution is 9.10. The lowest BCUT2D eigenvalue weighted by Crippen LogP contribution is -2.24. The summed E-state index contributed by atoms with van der Waals surface area (Å²) >= 11 is 3.57. The maximum Gasteiger partial charge on any atom is 0.0931 e. The molecule has 0 saturated heterocycles. The zero-order valence-electron chi connectivity index (χ0n) is 11.9. The molecule has 20 heavy (non-hydrogen) atoms. The first-order chi connectivity index (χ1) is 9.67. The van der Waals surface area contributed by atoms with Gasteiger partial charge in [-0.15, -0.1) is 0 Å². The third-order valence-electron chi connectivity index (χ3n) is 3.13. The number of nitrogens with one attached hydrogen (secondary N) is 1. The van der Waals surface area contributed by atoms with Crippen LogP contribution in [0.3, 0.4) is 0 Å². The number of hydrogen-bond donors (Lipinski definition) is 1. The monoisotopic (exact) mass is 338 g/mol. The molecule has 1 atom stereocenters. The van der Waals surface area contributed by atoms with Crippen LogP contribution in [-0.2, 0) is 11.3 Å². The van der Waals surface area contributed by atoms with Gasteiger partial charge in [0.25, 0.3) is 0 Å². The summed E-state index contributed by atoms with van der Waals surface area (Å²) in [6.45, 7) is 3.40. The minimum atomic E-state index is -0.0105. The van der Waals surface area contributed by atoms with Crippen LogP contribution < -0.4 is 5.32 Å². The molecule has 0 amide bonds. The van der Waals surface area contributed by atoms with Gasteiger partial charge in [0.2, 0.25) is 0 Å². The maximum atomic E-state index is 5.14. The van der Waals surface area contributed by atoms with Crippen LogP contribution in [0.4, 0.5) is 0 Å². The number of halogens is 1. The summed E-state index contributed by atoms with van der Waals surface area (Å²) in [5, 5.41) is 7.70. The van der Waals surface area contributed by atoms with Gasteiger partial charge in [-0.3, -0.25) is 9.67 Å². The van der Waals surface area contributed by atoms with Gasteiger partial charge in [-0.05, 0) is 47.6 Å². The summed E-state index contributed by atoms with van der Waals surface area (Å²) in [7, 11) is 3.62. The second-order valence-corrected chi connectivity index (χ2v) is 5.43. The summed E-state index contributed by atoms with van der Waals surface area (Å²) in [5.41, 5.74) is 3.23. The minimum Gasteiger partial charge on any atom is -0.383 e. The SMILES string of the molecule is CNC(c1cc(C)ccn1)c1c(Br)cnn1CCOC. The highest BCUT2D eigenvalue weighted by Crippen LogP contribution is 2.27. The molecule has 2 heterocycles. The third kappa shape index (κ3) is 3.26. The van der Waals surface area contributed by atoms with Gasteiger partial charge < -0.3 is 10.1 Å². The van der Waals surface area contributed by atoms with Gasteiger partial charge in [0.1, 0.15) is 0 Å². The van der Waals surface area contributed by atoms with E-state index in [0.29, 0.717) is 13.2 Å². The molecule has 0 aliphatic rings. The van der Waals surface area contributed by atoms with Crippen LogP contribution in [0.2, 0.25) is 0 Å². The van der Waals surface area contributed by atoms with Crippen LogP contribution in [0.25, 0.3) is 0 Å². The van der Waals surface area contributed by atoms with Crippen LogP contribution in [0, 0.1) is 6.92 Å². The molecule has 0 aliphatic heterocycles. The van der Waals surface area contributed by atoms with Crippen LogP contribution in [0.5, 0.6) is 0 Å². The Hall–Kier alpha value is -1.24. The molecule has 0 saturated carbocycles. The van der Waals surface area contributed by atoms with Crippen molar-refractivity contribution in [1.29, 1.82) is 0 Å². The van der Waals surface area contributed by atoms with Crippen LogP contribution >= 0.6 is 15.9 Å². The summed E-state index contributed by atoms with van der Waals surface area (Å²) < 4.78 is 8.05. The van der Waals surface area contributed by atoms with E-state index in [4.69, 9.17) is 4.74 Å². The fourth-order valence-corrected chi connectivity index (χ4v) is 2.68. The first-order valence-corrected chi connectivity index (χ1v) is 7.26. The van der Waals surface area contributed by atoms with E-state index in [1.165, 1.54) is 5.56 Å². The van der Waals surface area contributed by atoms with Gasteiger partial charge >= 0.3 is 0 Å². The smallest absolute Gasteiger partial charge is 0.0931 e. The fraction of sp³-hybridized carbons (Fsp3) is 0.429. The predicted molar refractivity (Wildman–Crippen MR) is 81.7 cm³/mol. The molecule has 0 bridgehead atoms. The van der Waals surface area contributed by atoms with Gasteiger partial charge in [0, 0.05) is 13.3 Å². The lowest BCUT2D eigenvalue weighted by atomic mass is 10.1. The predicted octanol–water partition coefficient (Wildman–Crippen LogP) is 2.30. The van der Waals surface area contributed by atoms with Gasteiger partial charge in [-0.25, -0.2) is 0 Å². The Morgan fingerprint density at radius 2 is 2.30 bits per heavy atom. The molecule has 5 nitrogen and oxygen atoms in total. The van der Waals surface area contributed by atoms with E-state index < -0.39 is 0 Å². The first-order valence-electron chi connectivity index (χ1n) is 6.47. The standard InChI is InChI=1S/C14H19BrN4O/c1-10-4-5-17-12(8-10)13(16-2)14-11(15)9-18-19(14)6-7-20-3/h4-5,8-9,13,16H,6-7H2,1-3H3. The molecule has 0 aromatic carbocycles. The van der Waals surface area contributed by atoms with Gasteiger partial charge in [0.05, 0.1) is 41.3 Å². The van der Waals surface area contributed by atoms with Crippen molar-refractivity contribution in [3.63, 3.8) is 0 Å². The van der Waals surface area contributed by atoms with Gasteiger partial charge in [-0.2, -0.15) is 5.10 Å². The molecular weight excluding hydrogens is 320 g/mol. The Balaban J connectivity index is 2.38. The van der Waals surface area contributed by atoms with Crippen molar-refractivity contribution >= 4 is 15.9 Å². The molecule has 1 unspecified atom stereocenters. The van der Waals surface area contributed by atoms with E-state index >= 15 is 0 Å². The molecule has 0 aliphatic carbocycles. The Morgan fingerprint density at radius 3 is 2.95 bits per heavy atom. The topological polar surface area (TPSA) is 52.0 Å². The van der Waals surface area contributed by atoms with Crippen LogP contribution in [0.1, 0.15) is 23.0 Å². The van der Waals surface area contributed by atoms with Gasteiger partial charge in [0.15, 0.2) is 0 Å². The number of aryl methyl sites for hydroxylation is 1. The lowest BCUT2D eigenvalue weighted by Gasteiger charge is -2.18. The summed E-state index contributed by atoms with van der Waals surface area (Å²) in [6.07, 6.45) is 3.64. The normalized spacial score (nSPS) is 12.6. The molecule has 108 valence electrons. The van der Waals surface area contributed by atoms with E-state index in [1.54, 1.807) is 7.11 Å². The zero-order chi connectivity index (χ0) is 14.5. The number of rotatable bonds is 6. The molecule has 6 heteroatoms. The van der Waals surface area contributed by atoms with Crippen molar-refractivity contribution < 1.29 is 4.74 Å². The minimum absolute atomic E-state index is 0.0105. The second-order valence-electron chi connectivity index (χ2n) is 4.57. The fourth-order valence-electron chi connectivity index (χ4n) is 2.16. The molecule has 0 fully saturated rings. The van der Waals surface area contributed by atoms with Crippen molar-refractivity contribution in [1.82, 2.24) is 20.1 Å². The van der Waals surface area contributed by atoms with Crippen molar-refractivity contribution in [3.05, 3.63) is 46.0 Å². The highest BCUT2D eigenvalue weighted by atomic mass is 79.9. The highest BCUT2D eigenvalue weighted by Gasteiger charge is 2.21. The number of methoxy groups -OCH3 is 1. The first kappa shape index (κ1) is 15.2.